The number of rotatable bonds is 3. The smallest absolute Gasteiger partial charge is 0.0488 e. The van der Waals surface area contributed by atoms with E-state index in [1.165, 1.54) is 33.3 Å². The molecule has 1 atom stereocenters. The minimum atomic E-state index is 0.225. The van der Waals surface area contributed by atoms with Crippen LogP contribution in [0.25, 0.3) is 10.9 Å². The Hall–Kier alpha value is -2.06. The monoisotopic (exact) mass is 264 g/mol. The SMILES string of the molecule is Cc1c(C(CN)c2ccccc2)[nH]c2c(C)cccc12. The first-order valence-electron chi connectivity index (χ1n) is 7.05. The molecule has 20 heavy (non-hydrogen) atoms. The molecule has 2 nitrogen and oxygen atoms in total. The predicted octanol–water partition coefficient (Wildman–Crippen LogP) is 3.88. The Morgan fingerprint density at radius 1 is 1.00 bits per heavy atom. The Labute approximate surface area is 119 Å². The quantitative estimate of drug-likeness (QED) is 0.740. The van der Waals surface area contributed by atoms with Gasteiger partial charge in [-0.1, -0.05) is 48.5 Å². The highest BCUT2D eigenvalue weighted by atomic mass is 14.7. The summed E-state index contributed by atoms with van der Waals surface area (Å²) >= 11 is 0. The summed E-state index contributed by atoms with van der Waals surface area (Å²) < 4.78 is 0. The van der Waals surface area contributed by atoms with Gasteiger partial charge in [0.15, 0.2) is 0 Å². The molecule has 2 heteroatoms. The fourth-order valence-electron chi connectivity index (χ4n) is 2.97. The summed E-state index contributed by atoms with van der Waals surface area (Å²) in [6.07, 6.45) is 0. The Morgan fingerprint density at radius 2 is 1.75 bits per heavy atom. The Bertz CT molecular complexity index is 726. The molecule has 1 heterocycles. The molecular formula is C18H20N2. The maximum atomic E-state index is 6.05. The normalized spacial score (nSPS) is 12.8. The Balaban J connectivity index is 2.18. The fourth-order valence-corrected chi connectivity index (χ4v) is 2.97. The van der Waals surface area contributed by atoms with Crippen molar-refractivity contribution in [2.75, 3.05) is 6.54 Å². The number of benzene rings is 2. The van der Waals surface area contributed by atoms with Gasteiger partial charge in [0.2, 0.25) is 0 Å². The minimum Gasteiger partial charge on any atom is -0.357 e. The van der Waals surface area contributed by atoms with Gasteiger partial charge in [0.05, 0.1) is 0 Å². The lowest BCUT2D eigenvalue weighted by molar-refractivity contribution is 0.790. The summed E-state index contributed by atoms with van der Waals surface area (Å²) in [5.41, 5.74) is 12.4. The van der Waals surface area contributed by atoms with E-state index in [4.69, 9.17) is 5.73 Å². The second-order valence-electron chi connectivity index (χ2n) is 5.36. The molecule has 0 radical (unpaired) electrons. The van der Waals surface area contributed by atoms with Crippen molar-refractivity contribution in [1.29, 1.82) is 0 Å². The van der Waals surface area contributed by atoms with Crippen LogP contribution in [-0.4, -0.2) is 11.5 Å². The lowest BCUT2D eigenvalue weighted by atomic mass is 9.93. The molecule has 2 aromatic carbocycles. The van der Waals surface area contributed by atoms with E-state index in [-0.39, 0.29) is 5.92 Å². The van der Waals surface area contributed by atoms with Crippen molar-refractivity contribution in [3.8, 4) is 0 Å². The first-order chi connectivity index (χ1) is 9.72. The second-order valence-corrected chi connectivity index (χ2v) is 5.36. The topological polar surface area (TPSA) is 41.8 Å². The molecule has 0 aliphatic heterocycles. The van der Waals surface area contributed by atoms with E-state index in [2.05, 4.69) is 61.3 Å². The molecule has 0 aliphatic carbocycles. The van der Waals surface area contributed by atoms with Crippen molar-refractivity contribution in [2.24, 2.45) is 5.73 Å². The first-order valence-corrected chi connectivity index (χ1v) is 7.05. The van der Waals surface area contributed by atoms with Crippen LogP contribution in [0.3, 0.4) is 0 Å². The van der Waals surface area contributed by atoms with E-state index in [0.29, 0.717) is 6.54 Å². The minimum absolute atomic E-state index is 0.225. The number of aromatic amines is 1. The number of nitrogens with two attached hydrogens (primary N) is 1. The second kappa shape index (κ2) is 5.14. The first kappa shape index (κ1) is 12.9. The van der Waals surface area contributed by atoms with Crippen molar-refractivity contribution in [1.82, 2.24) is 4.98 Å². The van der Waals surface area contributed by atoms with Crippen LogP contribution in [0.2, 0.25) is 0 Å². The van der Waals surface area contributed by atoms with Crippen molar-refractivity contribution in [3.63, 3.8) is 0 Å². The summed E-state index contributed by atoms with van der Waals surface area (Å²) in [5, 5.41) is 1.30. The number of para-hydroxylation sites is 1. The zero-order valence-electron chi connectivity index (χ0n) is 12.0. The maximum Gasteiger partial charge on any atom is 0.0488 e. The van der Waals surface area contributed by atoms with Gasteiger partial charge < -0.3 is 10.7 Å². The van der Waals surface area contributed by atoms with Crippen LogP contribution in [0.5, 0.6) is 0 Å². The van der Waals surface area contributed by atoms with Crippen LogP contribution < -0.4 is 5.73 Å². The third kappa shape index (κ3) is 2.02. The molecule has 0 amide bonds. The number of nitrogens with one attached hydrogen (secondary N) is 1. The maximum absolute atomic E-state index is 6.05. The lowest BCUT2D eigenvalue weighted by Gasteiger charge is -2.15. The summed E-state index contributed by atoms with van der Waals surface area (Å²) in [6.45, 7) is 4.93. The van der Waals surface area contributed by atoms with Crippen molar-refractivity contribution in [3.05, 3.63) is 70.9 Å². The van der Waals surface area contributed by atoms with E-state index < -0.39 is 0 Å². The molecule has 0 fully saturated rings. The van der Waals surface area contributed by atoms with Gasteiger partial charge in [0, 0.05) is 29.1 Å². The molecule has 0 saturated carbocycles. The number of hydrogen-bond acceptors (Lipinski definition) is 1. The van der Waals surface area contributed by atoms with Gasteiger partial charge in [-0.25, -0.2) is 0 Å². The zero-order chi connectivity index (χ0) is 14.1. The molecule has 0 saturated heterocycles. The van der Waals surface area contributed by atoms with Crippen LogP contribution in [-0.2, 0) is 0 Å². The molecule has 3 aromatic rings. The average Bonchev–Trinajstić information content (AvgIpc) is 2.81. The van der Waals surface area contributed by atoms with E-state index in [0.717, 1.165) is 0 Å². The van der Waals surface area contributed by atoms with Gasteiger partial charge in [0.25, 0.3) is 0 Å². The van der Waals surface area contributed by atoms with E-state index in [9.17, 15) is 0 Å². The van der Waals surface area contributed by atoms with E-state index in [1.54, 1.807) is 0 Å². The zero-order valence-corrected chi connectivity index (χ0v) is 12.0. The van der Waals surface area contributed by atoms with Gasteiger partial charge >= 0.3 is 0 Å². The highest BCUT2D eigenvalue weighted by molar-refractivity contribution is 5.87. The fraction of sp³-hybridized carbons (Fsp3) is 0.222. The molecule has 0 aliphatic rings. The van der Waals surface area contributed by atoms with Crippen LogP contribution in [0.1, 0.15) is 28.3 Å². The molecular weight excluding hydrogens is 244 g/mol. The number of H-pyrrole nitrogens is 1. The van der Waals surface area contributed by atoms with Crippen molar-refractivity contribution < 1.29 is 0 Å². The highest BCUT2D eigenvalue weighted by Crippen LogP contribution is 2.31. The van der Waals surface area contributed by atoms with Gasteiger partial charge in [-0.05, 0) is 30.5 Å². The molecule has 0 bridgehead atoms. The van der Waals surface area contributed by atoms with Crippen molar-refractivity contribution in [2.45, 2.75) is 19.8 Å². The summed E-state index contributed by atoms with van der Waals surface area (Å²) in [7, 11) is 0. The Kier molecular flexibility index (Phi) is 3.33. The standard InChI is InChI=1S/C18H20N2/c1-12-7-6-10-15-13(2)18(20-17(12)15)16(11-19)14-8-4-3-5-9-14/h3-10,16,20H,11,19H2,1-2H3. The third-order valence-corrected chi connectivity index (χ3v) is 4.13. The largest absolute Gasteiger partial charge is 0.357 e. The van der Waals surface area contributed by atoms with Crippen LogP contribution in [0.4, 0.5) is 0 Å². The number of aryl methyl sites for hydroxylation is 2. The molecule has 3 rings (SSSR count). The average molecular weight is 264 g/mol. The van der Waals surface area contributed by atoms with Gasteiger partial charge in [-0.15, -0.1) is 0 Å². The molecule has 0 spiro atoms. The van der Waals surface area contributed by atoms with Gasteiger partial charge in [-0.2, -0.15) is 0 Å². The van der Waals surface area contributed by atoms with E-state index in [1.807, 2.05) is 6.07 Å². The molecule has 102 valence electrons. The Morgan fingerprint density at radius 3 is 2.40 bits per heavy atom. The lowest BCUT2D eigenvalue weighted by Crippen LogP contribution is -2.15. The van der Waals surface area contributed by atoms with Gasteiger partial charge in [-0.3, -0.25) is 0 Å². The number of aromatic nitrogens is 1. The third-order valence-electron chi connectivity index (χ3n) is 4.13. The summed E-state index contributed by atoms with van der Waals surface area (Å²) in [6, 6.07) is 16.9. The summed E-state index contributed by atoms with van der Waals surface area (Å²) in [4.78, 5) is 3.60. The van der Waals surface area contributed by atoms with Crippen LogP contribution in [0.15, 0.2) is 48.5 Å². The van der Waals surface area contributed by atoms with E-state index >= 15 is 0 Å². The molecule has 1 unspecified atom stereocenters. The highest BCUT2D eigenvalue weighted by Gasteiger charge is 2.18. The van der Waals surface area contributed by atoms with Crippen LogP contribution in [0, 0.1) is 13.8 Å². The van der Waals surface area contributed by atoms with Gasteiger partial charge in [0.1, 0.15) is 0 Å². The molecule has 1 aromatic heterocycles. The summed E-state index contributed by atoms with van der Waals surface area (Å²) in [5.74, 6) is 0.225. The van der Waals surface area contributed by atoms with Crippen LogP contribution >= 0.6 is 0 Å². The predicted molar refractivity (Wildman–Crippen MR) is 85.1 cm³/mol. The number of hydrogen-bond donors (Lipinski definition) is 2. The molecule has 3 N–H and O–H groups in total. The number of fused-ring (bicyclic) bond motifs is 1. The van der Waals surface area contributed by atoms with Crippen molar-refractivity contribution >= 4 is 10.9 Å².